The summed E-state index contributed by atoms with van der Waals surface area (Å²) in [4.78, 5) is 9.50. The number of hydrogen-bond donors (Lipinski definition) is 1. The number of nitrogens with zero attached hydrogens (tertiary/aromatic N) is 3. The van der Waals surface area contributed by atoms with Gasteiger partial charge in [0.1, 0.15) is 11.6 Å². The number of phenolic OH excluding ortho intramolecular Hbond substituents is 1. The van der Waals surface area contributed by atoms with E-state index in [-0.39, 0.29) is 44.9 Å². The van der Waals surface area contributed by atoms with Crippen molar-refractivity contribution >= 4 is 11.0 Å². The summed E-state index contributed by atoms with van der Waals surface area (Å²) in [6.45, 7) is 0. The van der Waals surface area contributed by atoms with Crippen molar-refractivity contribution in [3.63, 3.8) is 0 Å². The van der Waals surface area contributed by atoms with Crippen LogP contribution in [0.25, 0.3) is 61.6 Å². The van der Waals surface area contributed by atoms with E-state index in [0.29, 0.717) is 33.7 Å². The minimum atomic E-state index is -0.0174. The molecule has 2 aromatic heterocycles. The summed E-state index contributed by atoms with van der Waals surface area (Å²) in [6, 6.07) is 39.7. The molecule has 0 radical (unpaired) electrons. The topological polar surface area (TPSA) is 50.9 Å². The van der Waals surface area contributed by atoms with Gasteiger partial charge in [0.25, 0.3) is 0 Å². The van der Waals surface area contributed by atoms with Crippen LogP contribution < -0.4 is 0 Å². The normalized spacial score (nSPS) is 11.9. The zero-order valence-electron chi connectivity index (χ0n) is 24.7. The second kappa shape index (κ2) is 11.4. The largest absolute Gasteiger partial charge is 0.507 e. The maximum Gasteiger partial charge on any atom is 0.148 e. The predicted octanol–water partition coefficient (Wildman–Crippen LogP) is 8.59. The van der Waals surface area contributed by atoms with Crippen LogP contribution in [0.1, 0.15) is 4.11 Å². The molecular weight excluding hydrogens is 685 g/mol. The van der Waals surface area contributed by atoms with Gasteiger partial charge in [0.05, 0.1) is 20.7 Å². The van der Waals surface area contributed by atoms with Gasteiger partial charge in [-0.15, -0.1) is 29.8 Å². The molecule has 5 heteroatoms. The first-order valence-corrected chi connectivity index (χ1v) is 12.9. The molecule has 41 heavy (non-hydrogen) atoms. The Labute approximate surface area is 257 Å². The number of para-hydroxylation sites is 3. The molecule has 5 aromatic carbocycles. The molecule has 0 saturated carbocycles. The van der Waals surface area contributed by atoms with Gasteiger partial charge >= 0.3 is 0 Å². The van der Waals surface area contributed by atoms with Crippen LogP contribution in [0, 0.1) is 6.07 Å². The molecule has 0 aliphatic carbocycles. The first-order valence-electron chi connectivity index (χ1n) is 14.4. The molecule has 0 saturated heterocycles. The number of phenols is 1. The smallest absolute Gasteiger partial charge is 0.148 e. The third-order valence-corrected chi connectivity index (χ3v) is 6.81. The SMILES string of the molecule is [2H]c1cccc(O)c1-c1nc2c(-c3[c-]c(-c4ncc([2H])c(-c5ccccc5)c4[2H])ccc3)cccc2n1-c1ccccc1.[Pt]. The van der Waals surface area contributed by atoms with Crippen molar-refractivity contribution in [3.8, 4) is 56.3 Å². The maximum absolute atomic E-state index is 10.8. The van der Waals surface area contributed by atoms with Crippen LogP contribution in [-0.2, 0) is 21.1 Å². The Morgan fingerprint density at radius 1 is 0.683 bits per heavy atom. The summed E-state index contributed by atoms with van der Waals surface area (Å²) < 4.78 is 27.9. The van der Waals surface area contributed by atoms with Crippen LogP contribution in [0.5, 0.6) is 5.75 Å². The van der Waals surface area contributed by atoms with Gasteiger partial charge in [-0.2, -0.15) is 0 Å². The van der Waals surface area contributed by atoms with Gasteiger partial charge in [0.15, 0.2) is 0 Å². The van der Waals surface area contributed by atoms with E-state index < -0.39 is 0 Å². The number of fused-ring (bicyclic) bond motifs is 1. The van der Waals surface area contributed by atoms with Gasteiger partial charge in [-0.3, -0.25) is 9.55 Å². The van der Waals surface area contributed by atoms with Crippen LogP contribution in [0.15, 0.2) is 140 Å². The first-order chi connectivity index (χ1) is 21.0. The van der Waals surface area contributed by atoms with E-state index in [1.54, 1.807) is 18.2 Å². The summed E-state index contributed by atoms with van der Waals surface area (Å²) in [7, 11) is 0. The second-order valence-corrected chi connectivity index (χ2v) is 9.31. The Morgan fingerprint density at radius 2 is 1.41 bits per heavy atom. The second-order valence-electron chi connectivity index (χ2n) is 9.31. The predicted molar refractivity (Wildman–Crippen MR) is 161 cm³/mol. The third kappa shape index (κ3) is 4.99. The van der Waals surface area contributed by atoms with Crippen LogP contribution in [0.4, 0.5) is 0 Å². The van der Waals surface area contributed by atoms with Crippen LogP contribution >= 0.6 is 0 Å². The molecule has 0 atom stereocenters. The van der Waals surface area contributed by atoms with E-state index >= 15 is 0 Å². The summed E-state index contributed by atoms with van der Waals surface area (Å²) in [6.07, 6.45) is 1.48. The number of benzene rings is 5. The minimum absolute atomic E-state index is 0. The molecule has 0 aliphatic rings. The third-order valence-electron chi connectivity index (χ3n) is 6.81. The summed E-state index contributed by atoms with van der Waals surface area (Å²) in [5, 5.41) is 10.8. The van der Waals surface area contributed by atoms with E-state index in [4.69, 9.17) is 9.10 Å². The Hall–Kier alpha value is -4.79. The number of rotatable bonds is 5. The van der Waals surface area contributed by atoms with Crippen molar-refractivity contribution < 1.29 is 30.3 Å². The van der Waals surface area contributed by atoms with Crippen LogP contribution in [0.3, 0.4) is 0 Å². The van der Waals surface area contributed by atoms with Crippen molar-refractivity contribution in [2.45, 2.75) is 0 Å². The zero-order chi connectivity index (χ0) is 29.5. The van der Waals surface area contributed by atoms with Gasteiger partial charge in [-0.1, -0.05) is 90.0 Å². The Kier molecular flexibility index (Phi) is 6.37. The summed E-state index contributed by atoms with van der Waals surface area (Å²) in [5.41, 5.74) is 6.64. The Bertz CT molecular complexity index is 2110. The average Bonchev–Trinajstić information content (AvgIpc) is 3.41. The molecule has 0 amide bonds. The molecule has 0 aliphatic heterocycles. The van der Waals surface area contributed by atoms with Crippen LogP contribution in [0.2, 0.25) is 0 Å². The summed E-state index contributed by atoms with van der Waals surface area (Å²) >= 11 is 0. The van der Waals surface area contributed by atoms with E-state index in [9.17, 15) is 5.11 Å². The monoisotopic (exact) mass is 712 g/mol. The molecule has 0 fully saturated rings. The van der Waals surface area contributed by atoms with Gasteiger partial charge < -0.3 is 5.11 Å². The maximum atomic E-state index is 10.8. The van der Waals surface area contributed by atoms with Gasteiger partial charge in [0.2, 0.25) is 0 Å². The number of hydrogen-bond acceptors (Lipinski definition) is 3. The minimum Gasteiger partial charge on any atom is -0.507 e. The average molecular weight is 713 g/mol. The molecule has 7 aromatic rings. The molecule has 0 unspecified atom stereocenters. The molecule has 200 valence electrons. The molecule has 0 spiro atoms. The van der Waals surface area contributed by atoms with E-state index in [0.717, 1.165) is 27.9 Å². The first kappa shape index (κ1) is 23.0. The van der Waals surface area contributed by atoms with Crippen molar-refractivity contribution in [2.24, 2.45) is 0 Å². The zero-order valence-corrected chi connectivity index (χ0v) is 23.9. The Balaban J connectivity index is 0.00000343. The molecular formula is C36H24N3OPt-. The van der Waals surface area contributed by atoms with Crippen molar-refractivity contribution in [3.05, 3.63) is 146 Å². The fourth-order valence-electron chi connectivity index (χ4n) is 4.94. The summed E-state index contributed by atoms with van der Waals surface area (Å²) in [5.74, 6) is 0.442. The number of imidazole rings is 1. The van der Waals surface area contributed by atoms with E-state index in [2.05, 4.69) is 11.1 Å². The fourth-order valence-corrected chi connectivity index (χ4v) is 4.94. The van der Waals surface area contributed by atoms with Gasteiger partial charge in [-0.05, 0) is 47.5 Å². The van der Waals surface area contributed by atoms with Gasteiger partial charge in [0, 0.05) is 38.6 Å². The van der Waals surface area contributed by atoms with Crippen molar-refractivity contribution in [1.82, 2.24) is 14.5 Å². The Morgan fingerprint density at radius 3 is 2.22 bits per heavy atom. The molecule has 7 rings (SSSR count). The van der Waals surface area contributed by atoms with Gasteiger partial charge in [-0.25, -0.2) is 4.98 Å². The molecule has 0 bridgehead atoms. The van der Waals surface area contributed by atoms with E-state index in [1.807, 2.05) is 102 Å². The van der Waals surface area contributed by atoms with Crippen molar-refractivity contribution in [2.75, 3.05) is 0 Å². The van der Waals surface area contributed by atoms with E-state index in [1.165, 1.54) is 6.20 Å². The number of aromatic hydroxyl groups is 1. The standard InChI is InChI=1S/C36H24N3O.Pt/c40-34-20-8-7-17-31(34)36-38-35-30(18-10-19-33(35)39(36)29-15-5-2-6-16-29)27-13-9-14-28(23-27)32-24-26(21-22-37-32)25-11-3-1-4-12-25;/h1-22,24,40H;/q-1;/i17D,21D,24D;. The molecule has 4 nitrogen and oxygen atoms in total. The molecule has 1 N–H and O–H groups in total. The molecule has 2 heterocycles. The fraction of sp³-hybridized carbons (Fsp3) is 0. The number of aromatic nitrogens is 3. The quantitative estimate of drug-likeness (QED) is 0.182. The van der Waals surface area contributed by atoms with Crippen molar-refractivity contribution in [1.29, 1.82) is 0 Å². The number of pyridine rings is 1. The van der Waals surface area contributed by atoms with Crippen LogP contribution in [-0.4, -0.2) is 19.6 Å².